The Morgan fingerprint density at radius 1 is 1.10 bits per heavy atom. The summed E-state index contributed by atoms with van der Waals surface area (Å²) in [5.41, 5.74) is 2.72. The molecule has 0 saturated heterocycles. The maximum Gasteiger partial charge on any atom is 0.138 e. The third-order valence-corrected chi connectivity index (χ3v) is 3.77. The Bertz CT molecular complexity index is 619. The third-order valence-electron chi connectivity index (χ3n) is 3.09. The Morgan fingerprint density at radius 2 is 1.80 bits per heavy atom. The molecule has 0 unspecified atom stereocenters. The Hall–Kier alpha value is -1.32. The Labute approximate surface area is 129 Å². The van der Waals surface area contributed by atoms with Crippen LogP contribution >= 0.6 is 23.2 Å². The molecule has 106 valence electrons. The smallest absolute Gasteiger partial charge is 0.138 e. The van der Waals surface area contributed by atoms with Crippen molar-refractivity contribution in [3.05, 3.63) is 45.3 Å². The van der Waals surface area contributed by atoms with E-state index in [4.69, 9.17) is 23.2 Å². The van der Waals surface area contributed by atoms with Crippen LogP contribution < -0.4 is 5.32 Å². The van der Waals surface area contributed by atoms with Gasteiger partial charge in [-0.3, -0.25) is 0 Å². The summed E-state index contributed by atoms with van der Waals surface area (Å²) in [5.74, 6) is 1.62. The lowest BCUT2D eigenvalue weighted by atomic mass is 10.2. The van der Waals surface area contributed by atoms with Crippen LogP contribution in [-0.2, 0) is 0 Å². The van der Waals surface area contributed by atoms with E-state index in [0.717, 1.165) is 16.8 Å². The highest BCUT2D eigenvalue weighted by atomic mass is 35.5. The Morgan fingerprint density at radius 3 is 2.40 bits per heavy atom. The molecule has 20 heavy (non-hydrogen) atoms. The minimum atomic E-state index is 0.209. The summed E-state index contributed by atoms with van der Waals surface area (Å²) in [6.07, 6.45) is 0. The summed E-state index contributed by atoms with van der Waals surface area (Å²) in [7, 11) is 0. The predicted molar refractivity (Wildman–Crippen MR) is 85.3 cm³/mol. The number of nitrogens with zero attached hydrogens (tertiary/aromatic N) is 2. The number of nitrogens with one attached hydrogen (secondary N) is 1. The van der Waals surface area contributed by atoms with Gasteiger partial charge in [-0.05, 0) is 25.5 Å². The van der Waals surface area contributed by atoms with Crippen LogP contribution in [0, 0.1) is 13.8 Å². The number of rotatable bonds is 3. The van der Waals surface area contributed by atoms with Gasteiger partial charge in [0.15, 0.2) is 0 Å². The van der Waals surface area contributed by atoms with E-state index < -0.39 is 0 Å². The van der Waals surface area contributed by atoms with E-state index in [1.807, 2.05) is 45.9 Å². The van der Waals surface area contributed by atoms with Crippen molar-refractivity contribution in [1.82, 2.24) is 9.97 Å². The second-order valence-electron chi connectivity index (χ2n) is 5.06. The predicted octanol–water partition coefficient (Wildman–Crippen LogP) is 5.27. The summed E-state index contributed by atoms with van der Waals surface area (Å²) >= 11 is 12.4. The average molecular weight is 310 g/mol. The van der Waals surface area contributed by atoms with Crippen molar-refractivity contribution in [3.63, 3.8) is 0 Å². The molecule has 2 aromatic rings. The normalized spacial score (nSPS) is 10.9. The van der Waals surface area contributed by atoms with Crippen LogP contribution in [0.3, 0.4) is 0 Å². The highest BCUT2D eigenvalue weighted by molar-refractivity contribution is 6.33. The van der Waals surface area contributed by atoms with Gasteiger partial charge in [0, 0.05) is 11.5 Å². The molecule has 0 bridgehead atoms. The summed E-state index contributed by atoms with van der Waals surface area (Å²) in [5, 5.41) is 4.40. The van der Waals surface area contributed by atoms with Gasteiger partial charge < -0.3 is 5.32 Å². The SMILES string of the molecule is Cc1cccc(Cl)c1Nc1nc(C(C)C)nc(Cl)c1C. The number of hydrogen-bond donors (Lipinski definition) is 1. The number of halogens is 2. The van der Waals surface area contributed by atoms with Crippen molar-refractivity contribution in [2.24, 2.45) is 0 Å². The molecule has 3 nitrogen and oxygen atoms in total. The van der Waals surface area contributed by atoms with Gasteiger partial charge in [-0.25, -0.2) is 9.97 Å². The van der Waals surface area contributed by atoms with Crippen molar-refractivity contribution in [1.29, 1.82) is 0 Å². The first-order valence-electron chi connectivity index (χ1n) is 6.46. The molecule has 2 rings (SSSR count). The van der Waals surface area contributed by atoms with Crippen LogP contribution in [0.15, 0.2) is 18.2 Å². The number of anilines is 2. The van der Waals surface area contributed by atoms with Gasteiger partial charge in [-0.2, -0.15) is 0 Å². The molecular weight excluding hydrogens is 293 g/mol. The molecule has 0 radical (unpaired) electrons. The number of aryl methyl sites for hydroxylation is 1. The lowest BCUT2D eigenvalue weighted by molar-refractivity contribution is 0.773. The second kappa shape index (κ2) is 5.98. The van der Waals surface area contributed by atoms with Crippen LogP contribution in [0.25, 0.3) is 0 Å². The van der Waals surface area contributed by atoms with E-state index >= 15 is 0 Å². The van der Waals surface area contributed by atoms with E-state index in [1.165, 1.54) is 0 Å². The molecule has 1 N–H and O–H groups in total. The second-order valence-corrected chi connectivity index (χ2v) is 5.82. The minimum absolute atomic E-state index is 0.209. The molecule has 1 heterocycles. The summed E-state index contributed by atoms with van der Waals surface area (Å²) in [6.45, 7) is 7.95. The van der Waals surface area contributed by atoms with Crippen molar-refractivity contribution in [3.8, 4) is 0 Å². The largest absolute Gasteiger partial charge is 0.338 e. The van der Waals surface area contributed by atoms with Gasteiger partial charge >= 0.3 is 0 Å². The Kier molecular flexibility index (Phi) is 4.51. The topological polar surface area (TPSA) is 37.8 Å². The maximum atomic E-state index is 6.23. The quantitative estimate of drug-likeness (QED) is 0.785. The molecule has 0 aliphatic rings. The van der Waals surface area contributed by atoms with Crippen LogP contribution in [-0.4, -0.2) is 9.97 Å². The first-order chi connectivity index (χ1) is 9.40. The Balaban J connectivity index is 2.48. The van der Waals surface area contributed by atoms with Crippen molar-refractivity contribution in [2.75, 3.05) is 5.32 Å². The highest BCUT2D eigenvalue weighted by Gasteiger charge is 2.13. The van der Waals surface area contributed by atoms with Crippen LogP contribution in [0.4, 0.5) is 11.5 Å². The molecule has 0 saturated carbocycles. The number of para-hydroxylation sites is 1. The first-order valence-corrected chi connectivity index (χ1v) is 7.22. The van der Waals surface area contributed by atoms with Gasteiger partial charge in [-0.1, -0.05) is 49.2 Å². The van der Waals surface area contributed by atoms with E-state index in [0.29, 0.717) is 21.8 Å². The zero-order valence-corrected chi connectivity index (χ0v) is 13.5. The third kappa shape index (κ3) is 3.05. The summed E-state index contributed by atoms with van der Waals surface area (Å²) < 4.78 is 0. The van der Waals surface area contributed by atoms with Crippen molar-refractivity contribution < 1.29 is 0 Å². The highest BCUT2D eigenvalue weighted by Crippen LogP contribution is 2.31. The zero-order chi connectivity index (χ0) is 14.9. The molecular formula is C15H17Cl2N3. The molecule has 0 amide bonds. The standard InChI is InChI=1S/C15H17Cl2N3/c1-8(2)14-19-13(17)10(4)15(20-14)18-12-9(3)6-5-7-11(12)16/h5-8H,1-4H3,(H,18,19,20). The average Bonchev–Trinajstić information content (AvgIpc) is 2.38. The monoisotopic (exact) mass is 309 g/mol. The van der Waals surface area contributed by atoms with Crippen molar-refractivity contribution in [2.45, 2.75) is 33.6 Å². The molecule has 0 fully saturated rings. The van der Waals surface area contributed by atoms with E-state index in [-0.39, 0.29) is 5.92 Å². The lowest BCUT2D eigenvalue weighted by Crippen LogP contribution is -2.06. The van der Waals surface area contributed by atoms with Gasteiger partial charge in [-0.15, -0.1) is 0 Å². The first kappa shape index (κ1) is 15.1. The van der Waals surface area contributed by atoms with Gasteiger partial charge in [0.1, 0.15) is 16.8 Å². The van der Waals surface area contributed by atoms with Crippen molar-refractivity contribution >= 4 is 34.7 Å². The molecule has 0 aliphatic carbocycles. The lowest BCUT2D eigenvalue weighted by Gasteiger charge is -2.15. The molecule has 0 aliphatic heterocycles. The van der Waals surface area contributed by atoms with Crippen LogP contribution in [0.5, 0.6) is 0 Å². The van der Waals surface area contributed by atoms with Gasteiger partial charge in [0.2, 0.25) is 0 Å². The zero-order valence-electron chi connectivity index (χ0n) is 12.0. The molecule has 1 aromatic carbocycles. The molecule has 5 heteroatoms. The van der Waals surface area contributed by atoms with Gasteiger partial charge in [0.05, 0.1) is 10.7 Å². The molecule has 0 atom stereocenters. The fraction of sp³-hybridized carbons (Fsp3) is 0.333. The van der Waals surface area contributed by atoms with Crippen LogP contribution in [0.2, 0.25) is 10.2 Å². The molecule has 0 spiro atoms. The number of hydrogen-bond acceptors (Lipinski definition) is 3. The number of benzene rings is 1. The van der Waals surface area contributed by atoms with E-state index in [2.05, 4.69) is 15.3 Å². The number of aromatic nitrogens is 2. The summed E-state index contributed by atoms with van der Waals surface area (Å²) in [4.78, 5) is 8.85. The fourth-order valence-electron chi connectivity index (χ4n) is 1.79. The molecule has 1 aromatic heterocycles. The van der Waals surface area contributed by atoms with E-state index in [1.54, 1.807) is 0 Å². The van der Waals surface area contributed by atoms with Gasteiger partial charge in [0.25, 0.3) is 0 Å². The summed E-state index contributed by atoms with van der Waals surface area (Å²) in [6, 6.07) is 5.76. The maximum absolute atomic E-state index is 6.23. The van der Waals surface area contributed by atoms with Crippen LogP contribution in [0.1, 0.15) is 36.7 Å². The fourth-order valence-corrected chi connectivity index (χ4v) is 2.24. The van der Waals surface area contributed by atoms with E-state index in [9.17, 15) is 0 Å². The minimum Gasteiger partial charge on any atom is -0.338 e.